The second kappa shape index (κ2) is 5.57. The van der Waals surface area contributed by atoms with E-state index in [2.05, 4.69) is 20.6 Å². The molecule has 1 heterocycles. The van der Waals surface area contributed by atoms with Crippen LogP contribution in [-0.4, -0.2) is 21.1 Å². The van der Waals surface area contributed by atoms with Crippen molar-refractivity contribution in [2.45, 2.75) is 0 Å². The maximum absolute atomic E-state index is 11.0. The van der Waals surface area contributed by atoms with Gasteiger partial charge in [-0.25, -0.2) is 14.8 Å². The molecule has 0 spiro atoms. The Hall–Kier alpha value is -3.35. The summed E-state index contributed by atoms with van der Waals surface area (Å²) in [5.41, 5.74) is 7.08. The fourth-order valence-corrected chi connectivity index (χ4v) is 2.10. The van der Waals surface area contributed by atoms with Gasteiger partial charge in [0, 0.05) is 22.8 Å². The second-order valence-corrected chi connectivity index (χ2v) is 4.62. The van der Waals surface area contributed by atoms with E-state index < -0.39 is 6.03 Å². The van der Waals surface area contributed by atoms with Crippen molar-refractivity contribution in [3.8, 4) is 5.75 Å². The average Bonchev–Trinajstić information content (AvgIpc) is 2.47. The van der Waals surface area contributed by atoms with Crippen LogP contribution in [0.4, 0.5) is 22.0 Å². The monoisotopic (exact) mass is 295 g/mol. The molecule has 0 aliphatic rings. The van der Waals surface area contributed by atoms with E-state index in [1.165, 1.54) is 6.33 Å². The molecule has 3 rings (SSSR count). The number of anilines is 3. The molecule has 0 unspecified atom stereocenters. The molecule has 7 nitrogen and oxygen atoms in total. The van der Waals surface area contributed by atoms with Crippen molar-refractivity contribution in [2.75, 3.05) is 10.6 Å². The molecule has 0 fully saturated rings. The normalized spacial score (nSPS) is 10.4. The molecule has 0 bridgehead atoms. The number of phenolic OH excluding ortho intramolecular Hbond substituents is 1. The van der Waals surface area contributed by atoms with Crippen LogP contribution in [0.5, 0.6) is 5.75 Å². The molecule has 3 aromatic rings. The average molecular weight is 295 g/mol. The molecule has 0 aliphatic heterocycles. The van der Waals surface area contributed by atoms with Crippen molar-refractivity contribution in [1.29, 1.82) is 0 Å². The van der Waals surface area contributed by atoms with Gasteiger partial charge in [0.15, 0.2) is 0 Å². The molecule has 0 saturated carbocycles. The van der Waals surface area contributed by atoms with Crippen molar-refractivity contribution < 1.29 is 9.90 Å². The number of carbonyl (C=O) groups excluding carboxylic acids is 1. The van der Waals surface area contributed by atoms with Crippen LogP contribution in [0, 0.1) is 0 Å². The van der Waals surface area contributed by atoms with Crippen LogP contribution in [0.2, 0.25) is 0 Å². The van der Waals surface area contributed by atoms with E-state index in [0.29, 0.717) is 22.7 Å². The van der Waals surface area contributed by atoms with E-state index in [1.807, 2.05) is 0 Å². The molecule has 1 aromatic heterocycles. The van der Waals surface area contributed by atoms with Gasteiger partial charge in [-0.2, -0.15) is 0 Å². The number of aromatic nitrogens is 2. The van der Waals surface area contributed by atoms with E-state index in [4.69, 9.17) is 5.73 Å². The highest BCUT2D eigenvalue weighted by molar-refractivity contribution is 5.96. The summed E-state index contributed by atoms with van der Waals surface area (Å²) in [6, 6.07) is 11.2. The van der Waals surface area contributed by atoms with Crippen molar-refractivity contribution in [1.82, 2.24) is 9.97 Å². The number of primary amides is 1. The summed E-state index contributed by atoms with van der Waals surface area (Å²) in [6.45, 7) is 0. The van der Waals surface area contributed by atoms with Crippen LogP contribution >= 0.6 is 0 Å². The Morgan fingerprint density at radius 2 is 1.95 bits per heavy atom. The topological polar surface area (TPSA) is 113 Å². The van der Waals surface area contributed by atoms with Crippen LogP contribution in [-0.2, 0) is 0 Å². The smallest absolute Gasteiger partial charge is 0.316 e. The number of urea groups is 1. The molecular formula is C15H13N5O2. The molecular weight excluding hydrogens is 282 g/mol. The fourth-order valence-electron chi connectivity index (χ4n) is 2.10. The van der Waals surface area contributed by atoms with Crippen molar-refractivity contribution in [3.63, 3.8) is 0 Å². The zero-order valence-corrected chi connectivity index (χ0v) is 11.4. The van der Waals surface area contributed by atoms with Gasteiger partial charge in [0.1, 0.15) is 17.9 Å². The molecule has 0 radical (unpaired) electrons. The Morgan fingerprint density at radius 1 is 1.09 bits per heavy atom. The zero-order chi connectivity index (χ0) is 15.5. The fraction of sp³-hybridized carbons (Fsp3) is 0. The zero-order valence-electron chi connectivity index (χ0n) is 11.4. The highest BCUT2D eigenvalue weighted by Gasteiger charge is 2.06. The summed E-state index contributed by atoms with van der Waals surface area (Å²) in [6.07, 6.45) is 1.44. The number of benzene rings is 2. The molecule has 110 valence electrons. The van der Waals surface area contributed by atoms with Gasteiger partial charge in [0.25, 0.3) is 0 Å². The van der Waals surface area contributed by atoms with Gasteiger partial charge in [0.2, 0.25) is 0 Å². The summed E-state index contributed by atoms with van der Waals surface area (Å²) < 4.78 is 0. The van der Waals surface area contributed by atoms with E-state index in [-0.39, 0.29) is 5.75 Å². The Kier molecular flexibility index (Phi) is 3.45. The Balaban J connectivity index is 2.02. The number of rotatable bonds is 3. The number of nitrogens with one attached hydrogen (secondary N) is 2. The van der Waals surface area contributed by atoms with E-state index >= 15 is 0 Å². The first-order valence-electron chi connectivity index (χ1n) is 6.49. The van der Waals surface area contributed by atoms with Crippen LogP contribution in [0.25, 0.3) is 10.9 Å². The SMILES string of the molecule is NC(=O)Nc1ccc2ncnc(Nc3cccc(O)c3)c2c1. The van der Waals surface area contributed by atoms with Crippen LogP contribution in [0.3, 0.4) is 0 Å². The first-order chi connectivity index (χ1) is 10.6. The molecule has 2 aromatic carbocycles. The summed E-state index contributed by atoms with van der Waals surface area (Å²) in [4.78, 5) is 19.3. The Labute approximate surface area is 125 Å². The van der Waals surface area contributed by atoms with Crippen LogP contribution < -0.4 is 16.4 Å². The van der Waals surface area contributed by atoms with E-state index in [1.54, 1.807) is 42.5 Å². The Morgan fingerprint density at radius 3 is 2.73 bits per heavy atom. The lowest BCUT2D eigenvalue weighted by Gasteiger charge is -2.10. The largest absolute Gasteiger partial charge is 0.508 e. The van der Waals surface area contributed by atoms with Gasteiger partial charge in [-0.15, -0.1) is 0 Å². The highest BCUT2D eigenvalue weighted by atomic mass is 16.3. The van der Waals surface area contributed by atoms with Gasteiger partial charge in [-0.3, -0.25) is 0 Å². The number of amides is 2. The molecule has 0 atom stereocenters. The Bertz CT molecular complexity index is 850. The number of aromatic hydroxyl groups is 1. The number of carbonyl (C=O) groups is 1. The third-order valence-electron chi connectivity index (χ3n) is 3.01. The third kappa shape index (κ3) is 2.88. The number of phenols is 1. The number of nitrogens with two attached hydrogens (primary N) is 1. The minimum Gasteiger partial charge on any atom is -0.508 e. The highest BCUT2D eigenvalue weighted by Crippen LogP contribution is 2.26. The molecule has 22 heavy (non-hydrogen) atoms. The molecule has 2 amide bonds. The summed E-state index contributed by atoms with van der Waals surface area (Å²) in [5.74, 6) is 0.711. The minimum absolute atomic E-state index is 0.152. The lowest BCUT2D eigenvalue weighted by molar-refractivity contribution is 0.259. The standard InChI is InChI=1S/C15H13N5O2/c16-15(22)20-10-4-5-13-12(7-10)14(18-8-17-13)19-9-2-1-3-11(21)6-9/h1-8,21H,(H3,16,20,22)(H,17,18,19). The minimum atomic E-state index is -0.640. The van der Waals surface area contributed by atoms with E-state index in [9.17, 15) is 9.90 Å². The van der Waals surface area contributed by atoms with Crippen molar-refractivity contribution >= 4 is 34.1 Å². The predicted molar refractivity (Wildman–Crippen MR) is 84.1 cm³/mol. The summed E-state index contributed by atoms with van der Waals surface area (Å²) in [7, 11) is 0. The van der Waals surface area contributed by atoms with Gasteiger partial charge >= 0.3 is 6.03 Å². The number of nitrogens with zero attached hydrogens (tertiary/aromatic N) is 2. The van der Waals surface area contributed by atoms with Gasteiger partial charge in [-0.1, -0.05) is 6.07 Å². The molecule has 0 aliphatic carbocycles. The van der Waals surface area contributed by atoms with Crippen LogP contribution in [0.1, 0.15) is 0 Å². The first kappa shape index (κ1) is 13.6. The maximum atomic E-state index is 11.0. The number of hydrogen-bond acceptors (Lipinski definition) is 5. The second-order valence-electron chi connectivity index (χ2n) is 4.62. The van der Waals surface area contributed by atoms with E-state index in [0.717, 1.165) is 5.39 Å². The third-order valence-corrected chi connectivity index (χ3v) is 3.01. The molecule has 7 heteroatoms. The summed E-state index contributed by atoms with van der Waals surface area (Å²) >= 11 is 0. The molecule has 5 N–H and O–H groups in total. The van der Waals surface area contributed by atoms with Gasteiger partial charge in [-0.05, 0) is 30.3 Å². The van der Waals surface area contributed by atoms with Crippen LogP contribution in [0.15, 0.2) is 48.8 Å². The lowest BCUT2D eigenvalue weighted by atomic mass is 10.2. The van der Waals surface area contributed by atoms with Crippen molar-refractivity contribution in [2.24, 2.45) is 5.73 Å². The van der Waals surface area contributed by atoms with Gasteiger partial charge in [0.05, 0.1) is 5.52 Å². The summed E-state index contributed by atoms with van der Waals surface area (Å²) in [5, 5.41) is 15.9. The quantitative estimate of drug-likeness (QED) is 0.593. The first-order valence-corrected chi connectivity index (χ1v) is 6.49. The predicted octanol–water partition coefficient (Wildman–Crippen LogP) is 2.57. The number of fused-ring (bicyclic) bond motifs is 1. The maximum Gasteiger partial charge on any atom is 0.316 e. The van der Waals surface area contributed by atoms with Crippen molar-refractivity contribution in [3.05, 3.63) is 48.8 Å². The molecule has 0 saturated heterocycles. The van der Waals surface area contributed by atoms with Gasteiger partial charge < -0.3 is 21.5 Å². The lowest BCUT2D eigenvalue weighted by Crippen LogP contribution is -2.19. The number of hydrogen-bond donors (Lipinski definition) is 4.